The van der Waals surface area contributed by atoms with Crippen LogP contribution in [0.4, 0.5) is 5.69 Å². The number of fused-ring (bicyclic) bond motifs is 1. The molecule has 0 aliphatic carbocycles. The van der Waals surface area contributed by atoms with Gasteiger partial charge in [-0.05, 0) is 30.7 Å². The summed E-state index contributed by atoms with van der Waals surface area (Å²) < 4.78 is 1.87. The van der Waals surface area contributed by atoms with Crippen LogP contribution >= 0.6 is 0 Å². The molecule has 5 heteroatoms. The Kier molecular flexibility index (Phi) is 2.04. The molecule has 84 valence electrons. The maximum absolute atomic E-state index is 5.97. The minimum absolute atomic E-state index is 0.662. The van der Waals surface area contributed by atoms with Gasteiger partial charge in [0.1, 0.15) is 0 Å². The van der Waals surface area contributed by atoms with E-state index in [1.807, 2.05) is 35.7 Å². The number of nitrogen functional groups attached to an aromatic ring is 1. The fraction of sp³-hybridized carbons (Fsp3) is 0.0833. The van der Waals surface area contributed by atoms with Crippen LogP contribution in [0.3, 0.4) is 0 Å². The van der Waals surface area contributed by atoms with Crippen LogP contribution in [-0.4, -0.2) is 19.6 Å². The molecule has 0 saturated heterocycles. The third-order valence-electron chi connectivity index (χ3n) is 2.75. The van der Waals surface area contributed by atoms with Gasteiger partial charge in [-0.3, -0.25) is 9.38 Å². The van der Waals surface area contributed by atoms with E-state index < -0.39 is 0 Å². The first-order valence-corrected chi connectivity index (χ1v) is 5.27. The van der Waals surface area contributed by atoms with Gasteiger partial charge in [0.2, 0.25) is 0 Å². The monoisotopic (exact) mass is 225 g/mol. The zero-order valence-corrected chi connectivity index (χ0v) is 9.33. The van der Waals surface area contributed by atoms with Crippen LogP contribution in [0.5, 0.6) is 0 Å². The van der Waals surface area contributed by atoms with Gasteiger partial charge < -0.3 is 5.73 Å². The van der Waals surface area contributed by atoms with E-state index in [1.54, 1.807) is 12.4 Å². The lowest BCUT2D eigenvalue weighted by Gasteiger charge is -2.03. The van der Waals surface area contributed by atoms with Crippen molar-refractivity contribution in [2.45, 2.75) is 6.92 Å². The van der Waals surface area contributed by atoms with Crippen molar-refractivity contribution < 1.29 is 0 Å². The third-order valence-corrected chi connectivity index (χ3v) is 2.75. The molecule has 5 nitrogen and oxygen atoms in total. The molecule has 0 aromatic carbocycles. The summed E-state index contributed by atoms with van der Waals surface area (Å²) in [5, 5.41) is 8.28. The molecule has 0 amide bonds. The zero-order chi connectivity index (χ0) is 11.8. The van der Waals surface area contributed by atoms with Gasteiger partial charge in [0.05, 0.1) is 5.69 Å². The van der Waals surface area contributed by atoms with Crippen LogP contribution in [0.2, 0.25) is 0 Å². The van der Waals surface area contributed by atoms with E-state index in [4.69, 9.17) is 5.73 Å². The average Bonchev–Trinajstić information content (AvgIpc) is 2.79. The number of rotatable bonds is 1. The molecule has 0 radical (unpaired) electrons. The summed E-state index contributed by atoms with van der Waals surface area (Å²) in [7, 11) is 0. The van der Waals surface area contributed by atoms with Gasteiger partial charge in [-0.1, -0.05) is 0 Å². The number of hydrogen-bond donors (Lipinski definition) is 1. The van der Waals surface area contributed by atoms with Crippen LogP contribution in [-0.2, 0) is 0 Å². The molecule has 17 heavy (non-hydrogen) atoms. The third kappa shape index (κ3) is 1.44. The smallest absolute Gasteiger partial charge is 0.184 e. The van der Waals surface area contributed by atoms with E-state index in [-0.39, 0.29) is 0 Å². The van der Waals surface area contributed by atoms with Gasteiger partial charge in [0.25, 0.3) is 0 Å². The lowest BCUT2D eigenvalue weighted by atomic mass is 10.2. The second-order valence-corrected chi connectivity index (χ2v) is 3.87. The first-order chi connectivity index (χ1) is 8.27. The Morgan fingerprint density at radius 1 is 1.24 bits per heavy atom. The van der Waals surface area contributed by atoms with Crippen LogP contribution in [0.25, 0.3) is 17.0 Å². The number of aryl methyl sites for hydroxylation is 1. The van der Waals surface area contributed by atoms with Crippen molar-refractivity contribution in [3.8, 4) is 11.4 Å². The Morgan fingerprint density at radius 2 is 2.12 bits per heavy atom. The van der Waals surface area contributed by atoms with Crippen molar-refractivity contribution in [3.05, 3.63) is 42.4 Å². The van der Waals surface area contributed by atoms with Crippen LogP contribution in [0, 0.1) is 6.92 Å². The Hall–Kier alpha value is -2.43. The second kappa shape index (κ2) is 3.55. The summed E-state index contributed by atoms with van der Waals surface area (Å²) in [5.74, 6) is 0.750. The topological polar surface area (TPSA) is 69.1 Å². The van der Waals surface area contributed by atoms with E-state index in [9.17, 15) is 0 Å². The molecule has 0 aliphatic rings. The van der Waals surface area contributed by atoms with Crippen LogP contribution < -0.4 is 5.73 Å². The summed E-state index contributed by atoms with van der Waals surface area (Å²) in [5.41, 5.74) is 9.24. The minimum Gasteiger partial charge on any atom is -0.395 e. The zero-order valence-electron chi connectivity index (χ0n) is 9.33. The highest BCUT2D eigenvalue weighted by Crippen LogP contribution is 2.22. The van der Waals surface area contributed by atoms with Gasteiger partial charge in [0, 0.05) is 24.2 Å². The largest absolute Gasteiger partial charge is 0.395 e. The highest BCUT2D eigenvalue weighted by Gasteiger charge is 2.10. The molecule has 0 unspecified atom stereocenters. The summed E-state index contributed by atoms with van der Waals surface area (Å²) in [6.45, 7) is 1.95. The van der Waals surface area contributed by atoms with E-state index in [2.05, 4.69) is 15.2 Å². The van der Waals surface area contributed by atoms with Crippen molar-refractivity contribution in [1.29, 1.82) is 0 Å². The number of anilines is 1. The lowest BCUT2D eigenvalue weighted by Crippen LogP contribution is -1.96. The molecular formula is C12H11N5. The van der Waals surface area contributed by atoms with Crippen LogP contribution in [0.1, 0.15) is 5.56 Å². The van der Waals surface area contributed by atoms with Gasteiger partial charge in [-0.25, -0.2) is 0 Å². The summed E-state index contributed by atoms with van der Waals surface area (Å²) in [6, 6.07) is 5.76. The normalized spacial score (nSPS) is 10.9. The maximum atomic E-state index is 5.97. The fourth-order valence-electron chi connectivity index (χ4n) is 1.76. The Morgan fingerprint density at radius 3 is 2.88 bits per heavy atom. The molecule has 0 aliphatic heterocycles. The maximum Gasteiger partial charge on any atom is 0.184 e. The standard InChI is InChI=1S/C12H11N5/c1-8-4-6-17-11(9-3-2-5-14-7-9)15-16-12(17)10(8)13/h2-7H,13H2,1H3. The molecule has 0 bridgehead atoms. The van der Waals surface area contributed by atoms with Crippen LogP contribution in [0.15, 0.2) is 36.8 Å². The number of pyridine rings is 2. The van der Waals surface area contributed by atoms with E-state index in [0.29, 0.717) is 11.3 Å². The number of hydrogen-bond acceptors (Lipinski definition) is 4. The first kappa shape index (κ1) is 9.77. The molecule has 3 rings (SSSR count). The second-order valence-electron chi connectivity index (χ2n) is 3.87. The Bertz CT molecular complexity index is 672. The summed E-state index contributed by atoms with van der Waals surface area (Å²) >= 11 is 0. The molecule has 2 N–H and O–H groups in total. The highest BCUT2D eigenvalue weighted by atomic mass is 15.3. The molecule has 3 heterocycles. The molecule has 0 saturated carbocycles. The SMILES string of the molecule is Cc1ccn2c(-c3cccnc3)nnc2c1N. The predicted octanol–water partition coefficient (Wildman–Crippen LogP) is 1.68. The number of nitrogens with two attached hydrogens (primary N) is 1. The molecular weight excluding hydrogens is 214 g/mol. The molecule has 0 atom stereocenters. The van der Waals surface area contributed by atoms with E-state index >= 15 is 0 Å². The van der Waals surface area contributed by atoms with Gasteiger partial charge in [0.15, 0.2) is 11.5 Å². The molecule has 0 spiro atoms. The number of nitrogens with zero attached hydrogens (tertiary/aromatic N) is 4. The summed E-state index contributed by atoms with van der Waals surface area (Å²) in [4.78, 5) is 4.08. The van der Waals surface area contributed by atoms with E-state index in [1.165, 1.54) is 0 Å². The van der Waals surface area contributed by atoms with Crippen molar-refractivity contribution in [2.75, 3.05) is 5.73 Å². The van der Waals surface area contributed by atoms with Crippen molar-refractivity contribution in [3.63, 3.8) is 0 Å². The molecule has 0 fully saturated rings. The van der Waals surface area contributed by atoms with E-state index in [0.717, 1.165) is 17.0 Å². The molecule has 3 aromatic rings. The minimum atomic E-state index is 0.662. The first-order valence-electron chi connectivity index (χ1n) is 5.27. The van der Waals surface area contributed by atoms with Crippen molar-refractivity contribution >= 4 is 11.3 Å². The Balaban J connectivity index is 2.30. The lowest BCUT2D eigenvalue weighted by molar-refractivity contribution is 1.10. The average molecular weight is 225 g/mol. The number of aromatic nitrogens is 4. The molecule has 3 aromatic heterocycles. The highest BCUT2D eigenvalue weighted by molar-refractivity contribution is 5.71. The fourth-order valence-corrected chi connectivity index (χ4v) is 1.76. The predicted molar refractivity (Wildman–Crippen MR) is 65.4 cm³/mol. The van der Waals surface area contributed by atoms with Gasteiger partial charge in [-0.15, -0.1) is 10.2 Å². The van der Waals surface area contributed by atoms with Crippen molar-refractivity contribution in [1.82, 2.24) is 19.6 Å². The van der Waals surface area contributed by atoms with Crippen molar-refractivity contribution in [2.24, 2.45) is 0 Å². The Labute approximate surface area is 97.9 Å². The van der Waals surface area contributed by atoms with Gasteiger partial charge in [-0.2, -0.15) is 0 Å². The van der Waals surface area contributed by atoms with Gasteiger partial charge >= 0.3 is 0 Å². The summed E-state index contributed by atoms with van der Waals surface area (Å²) in [6.07, 6.45) is 5.40. The quantitative estimate of drug-likeness (QED) is 0.684.